The molecule has 4 rings (SSSR count). The lowest BCUT2D eigenvalue weighted by atomic mass is 9.80. The molecular formula is C27H38F2N4O4. The van der Waals surface area contributed by atoms with Gasteiger partial charge in [-0.3, -0.25) is 14.4 Å². The molecule has 1 aromatic rings. The highest BCUT2D eigenvalue weighted by Crippen LogP contribution is 2.37. The molecule has 2 amide bonds. The number of halogens is 2. The summed E-state index contributed by atoms with van der Waals surface area (Å²) in [6, 6.07) is 5.28. The number of nitrogens with one attached hydrogen (secondary N) is 1. The highest BCUT2D eigenvalue weighted by molar-refractivity contribution is 6.03. The Morgan fingerprint density at radius 2 is 1.81 bits per heavy atom. The van der Waals surface area contributed by atoms with Crippen molar-refractivity contribution in [2.45, 2.75) is 58.7 Å². The summed E-state index contributed by atoms with van der Waals surface area (Å²) in [7, 11) is 0. The van der Waals surface area contributed by atoms with Gasteiger partial charge in [-0.05, 0) is 30.5 Å². The lowest BCUT2D eigenvalue weighted by Gasteiger charge is -2.38. The van der Waals surface area contributed by atoms with Gasteiger partial charge in [0.1, 0.15) is 18.7 Å². The summed E-state index contributed by atoms with van der Waals surface area (Å²) in [6.45, 7) is 11.5. The second kappa shape index (κ2) is 11.0. The average molecular weight is 521 g/mol. The highest BCUT2D eigenvalue weighted by Gasteiger charge is 2.56. The van der Waals surface area contributed by atoms with Crippen LogP contribution in [0.25, 0.3) is 0 Å². The Morgan fingerprint density at radius 1 is 1.14 bits per heavy atom. The van der Waals surface area contributed by atoms with E-state index in [9.17, 15) is 23.2 Å². The van der Waals surface area contributed by atoms with E-state index in [4.69, 9.17) is 4.74 Å². The second-order valence-corrected chi connectivity index (χ2v) is 10.9. The first-order valence-corrected chi connectivity index (χ1v) is 13.2. The number of para-hydroxylation sites is 1. The van der Waals surface area contributed by atoms with Crippen molar-refractivity contribution >= 4 is 23.3 Å². The van der Waals surface area contributed by atoms with E-state index in [-0.39, 0.29) is 18.9 Å². The Balaban J connectivity index is 1.59. The number of fused-ring (bicyclic) bond motifs is 1. The predicted octanol–water partition coefficient (Wildman–Crippen LogP) is 2.42. The Labute approximate surface area is 217 Å². The molecule has 3 aliphatic heterocycles. The number of piperazine rings is 1. The molecule has 0 bridgehead atoms. The Kier molecular flexibility index (Phi) is 8.18. The number of carbonyl (C=O) groups is 3. The number of ether oxygens (including phenoxy) is 1. The van der Waals surface area contributed by atoms with Crippen molar-refractivity contribution in [2.24, 2.45) is 11.3 Å². The fourth-order valence-corrected chi connectivity index (χ4v) is 5.56. The van der Waals surface area contributed by atoms with E-state index in [1.54, 1.807) is 12.1 Å². The third-order valence-corrected chi connectivity index (χ3v) is 8.36. The number of amides is 2. The Hall–Kier alpha value is -2.59. The lowest BCUT2D eigenvalue weighted by Crippen LogP contribution is -2.57. The number of Topliss-reactive ketones (excluding diaryl/α,β-unsaturated/α-hetero) is 1. The van der Waals surface area contributed by atoms with Gasteiger partial charge in [0.25, 0.3) is 5.91 Å². The molecular weight excluding hydrogens is 482 g/mol. The Bertz CT molecular complexity index is 1010. The van der Waals surface area contributed by atoms with Gasteiger partial charge in [-0.15, -0.1) is 0 Å². The van der Waals surface area contributed by atoms with E-state index in [2.05, 4.69) is 22.0 Å². The van der Waals surface area contributed by atoms with E-state index in [0.717, 1.165) is 38.4 Å². The van der Waals surface area contributed by atoms with E-state index >= 15 is 0 Å². The van der Waals surface area contributed by atoms with Crippen LogP contribution in [0.2, 0.25) is 0 Å². The molecule has 0 saturated carbocycles. The van der Waals surface area contributed by atoms with Crippen LogP contribution in [-0.4, -0.2) is 97.9 Å². The largest absolute Gasteiger partial charge is 0.368 e. The zero-order chi connectivity index (χ0) is 26.9. The van der Waals surface area contributed by atoms with Gasteiger partial charge >= 0.3 is 0 Å². The molecule has 0 spiro atoms. The molecule has 0 radical (unpaired) electrons. The highest BCUT2D eigenvalue weighted by atomic mass is 19.3. The van der Waals surface area contributed by atoms with Gasteiger partial charge in [-0.25, -0.2) is 8.78 Å². The van der Waals surface area contributed by atoms with Gasteiger partial charge < -0.3 is 24.8 Å². The molecule has 204 valence electrons. The summed E-state index contributed by atoms with van der Waals surface area (Å²) in [4.78, 5) is 45.8. The van der Waals surface area contributed by atoms with Gasteiger partial charge in [-0.1, -0.05) is 39.8 Å². The minimum absolute atomic E-state index is 0.276. The molecule has 3 saturated heterocycles. The number of rotatable bonds is 8. The number of anilines is 1. The number of carbonyl (C=O) groups excluding carboxylic acids is 3. The zero-order valence-corrected chi connectivity index (χ0v) is 22.1. The SMILES string of the molecule is CCN1CCN(c2ccccc2C(=O)NC(C(=O)N2C[C@@H](C(F)F)[C@H]3OCC(=O)[C@H]32)C(C)(C)CC)CC1. The van der Waals surface area contributed by atoms with Gasteiger partial charge in [0.05, 0.1) is 17.6 Å². The smallest absolute Gasteiger partial charge is 0.254 e. The molecule has 3 aliphatic rings. The fourth-order valence-electron chi connectivity index (χ4n) is 5.56. The van der Waals surface area contributed by atoms with Gasteiger partial charge in [-0.2, -0.15) is 0 Å². The van der Waals surface area contributed by atoms with Gasteiger partial charge in [0.15, 0.2) is 5.78 Å². The fraction of sp³-hybridized carbons (Fsp3) is 0.667. The monoisotopic (exact) mass is 520 g/mol. The lowest BCUT2D eigenvalue weighted by molar-refractivity contribution is -0.140. The maximum Gasteiger partial charge on any atom is 0.254 e. The third-order valence-electron chi connectivity index (χ3n) is 8.36. The standard InChI is InChI=1S/C27H38F2N4O4/c1-5-27(3,4)23(26(36)33-15-18(24(28)29)22-21(33)20(34)16-37-22)30-25(35)17-9-7-8-10-19(17)32-13-11-31(6-2)12-14-32/h7-10,18,21-24H,5-6,11-16H2,1-4H3,(H,30,35)/t18-,21-,22-,23?/m1/s1. The minimum atomic E-state index is -2.72. The van der Waals surface area contributed by atoms with Gasteiger partial charge in [0.2, 0.25) is 12.3 Å². The summed E-state index contributed by atoms with van der Waals surface area (Å²) >= 11 is 0. The number of nitrogens with zero attached hydrogens (tertiary/aromatic N) is 3. The van der Waals surface area contributed by atoms with E-state index in [1.165, 1.54) is 4.90 Å². The van der Waals surface area contributed by atoms with Crippen molar-refractivity contribution in [2.75, 3.05) is 50.8 Å². The van der Waals surface area contributed by atoms with Crippen molar-refractivity contribution in [1.29, 1.82) is 0 Å². The number of likely N-dealkylation sites (tertiary alicyclic amines) is 1. The second-order valence-electron chi connectivity index (χ2n) is 10.9. The topological polar surface area (TPSA) is 82.2 Å². The number of hydrogen-bond acceptors (Lipinski definition) is 6. The third kappa shape index (κ3) is 5.36. The van der Waals surface area contributed by atoms with Crippen molar-refractivity contribution < 1.29 is 27.9 Å². The van der Waals surface area contributed by atoms with Crippen LogP contribution in [0.4, 0.5) is 14.5 Å². The van der Waals surface area contributed by atoms with Crippen LogP contribution >= 0.6 is 0 Å². The maximum absolute atomic E-state index is 13.9. The van der Waals surface area contributed by atoms with E-state index in [1.807, 2.05) is 32.9 Å². The van der Waals surface area contributed by atoms with Crippen LogP contribution in [-0.2, 0) is 14.3 Å². The van der Waals surface area contributed by atoms with Crippen LogP contribution in [0.15, 0.2) is 24.3 Å². The predicted molar refractivity (Wildman–Crippen MR) is 136 cm³/mol. The summed E-state index contributed by atoms with van der Waals surface area (Å²) in [5.41, 5.74) is 0.576. The quantitative estimate of drug-likeness (QED) is 0.567. The van der Waals surface area contributed by atoms with Crippen molar-refractivity contribution in [3.8, 4) is 0 Å². The number of hydrogen-bond donors (Lipinski definition) is 1. The summed E-state index contributed by atoms with van der Waals surface area (Å²) in [6.07, 6.45) is -3.18. The molecule has 1 unspecified atom stereocenters. The summed E-state index contributed by atoms with van der Waals surface area (Å²) < 4.78 is 32.8. The summed E-state index contributed by atoms with van der Waals surface area (Å²) in [5.74, 6) is -2.53. The molecule has 0 aliphatic carbocycles. The normalized spacial score (nSPS) is 25.5. The minimum Gasteiger partial charge on any atom is -0.368 e. The van der Waals surface area contributed by atoms with Crippen molar-refractivity contribution in [3.05, 3.63) is 29.8 Å². The molecule has 37 heavy (non-hydrogen) atoms. The zero-order valence-electron chi connectivity index (χ0n) is 22.1. The Morgan fingerprint density at radius 3 is 2.43 bits per heavy atom. The average Bonchev–Trinajstić information content (AvgIpc) is 3.47. The first-order chi connectivity index (χ1) is 17.6. The van der Waals surface area contributed by atoms with Gasteiger partial charge in [0, 0.05) is 38.4 Å². The molecule has 3 fully saturated rings. The molecule has 10 heteroatoms. The number of likely N-dealkylation sites (N-methyl/N-ethyl adjacent to an activating group) is 1. The number of benzene rings is 1. The van der Waals surface area contributed by atoms with E-state index in [0.29, 0.717) is 12.0 Å². The van der Waals surface area contributed by atoms with Crippen LogP contribution in [0.5, 0.6) is 0 Å². The van der Waals surface area contributed by atoms with E-state index < -0.39 is 47.8 Å². The van der Waals surface area contributed by atoms with Crippen molar-refractivity contribution in [1.82, 2.24) is 15.1 Å². The molecule has 1 aromatic carbocycles. The summed E-state index contributed by atoms with van der Waals surface area (Å²) in [5, 5.41) is 2.93. The molecule has 1 N–H and O–H groups in total. The van der Waals surface area contributed by atoms with Crippen LogP contribution in [0.1, 0.15) is 44.5 Å². The molecule has 0 aromatic heterocycles. The van der Waals surface area contributed by atoms with Crippen molar-refractivity contribution in [3.63, 3.8) is 0 Å². The molecule has 4 atom stereocenters. The van der Waals surface area contributed by atoms with Crippen LogP contribution < -0.4 is 10.2 Å². The first kappa shape index (κ1) is 27.4. The first-order valence-electron chi connectivity index (χ1n) is 13.2. The number of alkyl halides is 2. The molecule has 3 heterocycles. The van der Waals surface area contributed by atoms with Crippen LogP contribution in [0.3, 0.4) is 0 Å². The maximum atomic E-state index is 13.9. The number of ketones is 1. The van der Waals surface area contributed by atoms with Crippen LogP contribution in [0, 0.1) is 11.3 Å². The molecule has 8 nitrogen and oxygen atoms in total.